The van der Waals surface area contributed by atoms with Gasteiger partial charge in [0.2, 0.25) is 5.91 Å². The van der Waals surface area contributed by atoms with Crippen LogP contribution in [0, 0.1) is 46.3 Å². The number of hydrogen-bond donors (Lipinski definition) is 5. The van der Waals surface area contributed by atoms with Gasteiger partial charge in [-0.3, -0.25) is 4.79 Å². The van der Waals surface area contributed by atoms with E-state index in [1.807, 2.05) is 0 Å². The average molecular weight is 556 g/mol. The Morgan fingerprint density at radius 2 is 1.65 bits per heavy atom. The van der Waals surface area contributed by atoms with Crippen LogP contribution in [0.3, 0.4) is 0 Å². The first kappa shape index (κ1) is 29.4. The molecule has 5 N–H and O–H groups in total. The topological polar surface area (TPSA) is 127 Å². The van der Waals surface area contributed by atoms with Crippen molar-refractivity contribution in [2.45, 2.75) is 110 Å². The van der Waals surface area contributed by atoms with E-state index in [0.29, 0.717) is 41.9 Å². The third-order valence-corrected chi connectivity index (χ3v) is 12.3. The lowest BCUT2D eigenvalue weighted by atomic mass is 9.43. The molecule has 0 aliphatic heterocycles. The number of carboxylic acids is 1. The zero-order valence-electron chi connectivity index (χ0n) is 24.4. The van der Waals surface area contributed by atoms with Crippen molar-refractivity contribution < 1.29 is 30.0 Å². The molecule has 1 amide bonds. The molecule has 4 saturated carbocycles. The summed E-state index contributed by atoms with van der Waals surface area (Å²) in [7, 11) is 0. The molecule has 5 rings (SSSR count). The fraction of sp³-hybridized carbons (Fsp3) is 0.758. The van der Waals surface area contributed by atoms with Gasteiger partial charge in [0.15, 0.2) is 0 Å². The zero-order valence-corrected chi connectivity index (χ0v) is 24.4. The predicted octanol–water partition coefficient (Wildman–Crippen LogP) is 4.91. The van der Waals surface area contributed by atoms with E-state index in [-0.39, 0.29) is 41.1 Å². The second-order valence-electron chi connectivity index (χ2n) is 14.3. The first-order valence-electron chi connectivity index (χ1n) is 15.6. The fourth-order valence-corrected chi connectivity index (χ4v) is 10.1. The van der Waals surface area contributed by atoms with E-state index < -0.39 is 12.0 Å². The molecule has 0 spiro atoms. The summed E-state index contributed by atoms with van der Waals surface area (Å²) in [6.07, 6.45) is 8.82. The number of phenols is 1. The Hall–Kier alpha value is -2.12. The van der Waals surface area contributed by atoms with Crippen molar-refractivity contribution in [2.24, 2.45) is 46.3 Å². The van der Waals surface area contributed by atoms with Gasteiger partial charge < -0.3 is 25.7 Å². The van der Waals surface area contributed by atoms with Gasteiger partial charge in [0.25, 0.3) is 0 Å². The highest BCUT2D eigenvalue weighted by molar-refractivity contribution is 5.83. The SMILES string of the molecule is C[C@H](CCC(=O)N[C@@H](Cc1ccc(O)cc1)C(=O)O)[C@H]1CCC2C3C(O)C[C@@H]4C[C@H](O)CC[C@]4(C)C3CC[C@@]21C. The number of carbonyl (C=O) groups is 2. The summed E-state index contributed by atoms with van der Waals surface area (Å²) in [6, 6.07) is 5.38. The maximum absolute atomic E-state index is 12.8. The molecule has 4 aliphatic carbocycles. The number of carboxylic acid groups (broad SMARTS) is 1. The lowest BCUT2D eigenvalue weighted by Crippen LogP contribution is -2.58. The number of hydrogen-bond acceptors (Lipinski definition) is 5. The number of carbonyl (C=O) groups excluding carboxylic acids is 1. The van der Waals surface area contributed by atoms with E-state index in [1.165, 1.54) is 12.1 Å². The second-order valence-corrected chi connectivity index (χ2v) is 14.3. The maximum atomic E-state index is 12.8. The molecule has 11 atom stereocenters. The van der Waals surface area contributed by atoms with E-state index in [9.17, 15) is 30.0 Å². The first-order valence-corrected chi connectivity index (χ1v) is 15.6. The summed E-state index contributed by atoms with van der Waals surface area (Å²) in [5.41, 5.74) is 1.11. The van der Waals surface area contributed by atoms with E-state index in [1.54, 1.807) is 12.1 Å². The second kappa shape index (κ2) is 11.3. The number of aliphatic hydroxyl groups is 2. The van der Waals surface area contributed by atoms with Crippen LogP contribution in [-0.2, 0) is 16.0 Å². The molecule has 7 heteroatoms. The molecule has 40 heavy (non-hydrogen) atoms. The number of rotatable bonds is 8. The monoisotopic (exact) mass is 555 g/mol. The average Bonchev–Trinajstić information content (AvgIpc) is 3.26. The molecule has 1 aromatic carbocycles. The van der Waals surface area contributed by atoms with Gasteiger partial charge in [0.1, 0.15) is 11.8 Å². The highest BCUT2D eigenvalue weighted by atomic mass is 16.4. The first-order chi connectivity index (χ1) is 18.9. The van der Waals surface area contributed by atoms with Crippen molar-refractivity contribution in [1.29, 1.82) is 0 Å². The van der Waals surface area contributed by atoms with Crippen molar-refractivity contribution >= 4 is 11.9 Å². The number of aliphatic hydroxyl groups excluding tert-OH is 2. The van der Waals surface area contributed by atoms with E-state index in [0.717, 1.165) is 63.4 Å². The highest BCUT2D eigenvalue weighted by Crippen LogP contribution is 2.68. The van der Waals surface area contributed by atoms with Gasteiger partial charge in [0, 0.05) is 12.8 Å². The van der Waals surface area contributed by atoms with Crippen LogP contribution in [0.1, 0.15) is 90.5 Å². The number of fused-ring (bicyclic) bond motifs is 5. The molecule has 1 aromatic rings. The van der Waals surface area contributed by atoms with Gasteiger partial charge in [0.05, 0.1) is 12.2 Å². The molecule has 222 valence electrons. The smallest absolute Gasteiger partial charge is 0.326 e. The fourth-order valence-electron chi connectivity index (χ4n) is 10.1. The van der Waals surface area contributed by atoms with Crippen LogP contribution < -0.4 is 5.32 Å². The van der Waals surface area contributed by atoms with Crippen molar-refractivity contribution in [3.8, 4) is 5.75 Å². The molecular formula is C33H49NO6. The summed E-state index contributed by atoms with van der Waals surface area (Å²) in [6.45, 7) is 7.13. The summed E-state index contributed by atoms with van der Waals surface area (Å²) in [4.78, 5) is 24.7. The molecule has 0 bridgehead atoms. The van der Waals surface area contributed by atoms with Crippen LogP contribution in [0.25, 0.3) is 0 Å². The van der Waals surface area contributed by atoms with E-state index >= 15 is 0 Å². The third-order valence-electron chi connectivity index (χ3n) is 12.3. The summed E-state index contributed by atoms with van der Waals surface area (Å²) in [5.74, 6) is 1.41. The van der Waals surface area contributed by atoms with Crippen molar-refractivity contribution in [3.63, 3.8) is 0 Å². The standard InChI is InChI=1S/C33H49NO6/c1-19(4-11-29(38)34-27(31(39)40)16-20-5-7-22(35)8-6-20)24-9-10-25-30-26(13-15-33(24,25)3)32(2)14-12-23(36)17-21(32)18-28(30)37/h5-8,19,21,23-28,30,35-37H,4,9-18H2,1-3H3,(H,34,38)(H,39,40)/t19-,21+,23-,24-,25?,26?,27+,28?,30?,32+,33-/m1/s1. The molecule has 0 saturated heterocycles. The van der Waals surface area contributed by atoms with Crippen LogP contribution in [0.5, 0.6) is 5.75 Å². The minimum atomic E-state index is -1.06. The van der Waals surface area contributed by atoms with Gasteiger partial charge in [-0.1, -0.05) is 32.9 Å². The molecular weight excluding hydrogens is 506 g/mol. The van der Waals surface area contributed by atoms with Gasteiger partial charge >= 0.3 is 5.97 Å². The zero-order chi connectivity index (χ0) is 28.8. The summed E-state index contributed by atoms with van der Waals surface area (Å²) in [5, 5.41) is 43.7. The molecule has 7 nitrogen and oxygen atoms in total. The van der Waals surface area contributed by atoms with E-state index in [4.69, 9.17) is 0 Å². The minimum absolute atomic E-state index is 0.121. The van der Waals surface area contributed by atoms with Crippen LogP contribution in [0.15, 0.2) is 24.3 Å². The number of amides is 1. The molecule has 0 heterocycles. The van der Waals surface area contributed by atoms with Crippen molar-refractivity contribution in [3.05, 3.63) is 29.8 Å². The van der Waals surface area contributed by atoms with Crippen molar-refractivity contribution in [1.82, 2.24) is 5.32 Å². The number of nitrogens with one attached hydrogen (secondary N) is 1. The van der Waals surface area contributed by atoms with Gasteiger partial charge in [-0.15, -0.1) is 0 Å². The molecule has 4 aliphatic rings. The molecule has 4 unspecified atom stereocenters. The Balaban J connectivity index is 1.19. The normalized spacial score (nSPS) is 40.3. The predicted molar refractivity (Wildman–Crippen MR) is 152 cm³/mol. The quantitative estimate of drug-likeness (QED) is 0.310. The largest absolute Gasteiger partial charge is 0.508 e. The van der Waals surface area contributed by atoms with Crippen molar-refractivity contribution in [2.75, 3.05) is 0 Å². The number of aliphatic carboxylic acids is 1. The minimum Gasteiger partial charge on any atom is -0.508 e. The van der Waals surface area contributed by atoms with Gasteiger partial charge in [-0.2, -0.15) is 0 Å². The lowest BCUT2D eigenvalue weighted by Gasteiger charge is -2.62. The Labute approximate surface area is 238 Å². The Kier molecular flexibility index (Phi) is 8.28. The van der Waals surface area contributed by atoms with Crippen LogP contribution in [-0.4, -0.2) is 50.6 Å². The van der Waals surface area contributed by atoms with E-state index in [2.05, 4.69) is 26.1 Å². The van der Waals surface area contributed by atoms with Gasteiger partial charge in [-0.05, 0) is 122 Å². The van der Waals surface area contributed by atoms with Crippen LogP contribution >= 0.6 is 0 Å². The highest BCUT2D eigenvalue weighted by Gasteiger charge is 2.62. The Morgan fingerprint density at radius 1 is 0.975 bits per heavy atom. The Bertz CT molecular complexity index is 1080. The third kappa shape index (κ3) is 5.40. The van der Waals surface area contributed by atoms with Crippen LogP contribution in [0.2, 0.25) is 0 Å². The van der Waals surface area contributed by atoms with Gasteiger partial charge in [-0.25, -0.2) is 4.79 Å². The molecule has 0 aromatic heterocycles. The number of phenolic OH excluding ortho intramolecular Hbond substituents is 1. The number of benzene rings is 1. The van der Waals surface area contributed by atoms with Crippen LogP contribution in [0.4, 0.5) is 0 Å². The molecule has 4 fully saturated rings. The summed E-state index contributed by atoms with van der Waals surface area (Å²) < 4.78 is 0. The number of aromatic hydroxyl groups is 1. The summed E-state index contributed by atoms with van der Waals surface area (Å²) >= 11 is 0. The Morgan fingerprint density at radius 3 is 2.35 bits per heavy atom. The maximum Gasteiger partial charge on any atom is 0.326 e. The lowest BCUT2D eigenvalue weighted by molar-refractivity contribution is -0.174. The molecule has 0 radical (unpaired) electrons.